The van der Waals surface area contributed by atoms with E-state index in [4.69, 9.17) is 16.1 Å². The van der Waals surface area contributed by atoms with Crippen molar-refractivity contribution in [2.45, 2.75) is 43.5 Å². The number of aromatic nitrogens is 2. The zero-order valence-electron chi connectivity index (χ0n) is 17.2. The largest absolute Gasteiger partial charge is 0.339 e. The first kappa shape index (κ1) is 22.4. The highest BCUT2D eigenvalue weighted by Crippen LogP contribution is 2.39. The Bertz CT molecular complexity index is 1290. The van der Waals surface area contributed by atoms with Gasteiger partial charge in [0.15, 0.2) is 0 Å². The van der Waals surface area contributed by atoms with E-state index in [-0.39, 0.29) is 21.5 Å². The Morgan fingerprint density at radius 3 is 2.69 bits per heavy atom. The molecule has 2 aromatic carbocycles. The predicted octanol–water partition coefficient (Wildman–Crippen LogP) is 4.02. The van der Waals surface area contributed by atoms with Crippen molar-refractivity contribution >= 4 is 33.2 Å². The molecule has 0 aliphatic heterocycles. The number of amides is 1. The van der Waals surface area contributed by atoms with Gasteiger partial charge in [-0.15, -0.1) is 0 Å². The lowest BCUT2D eigenvalue weighted by atomic mass is 10.1. The van der Waals surface area contributed by atoms with E-state index in [2.05, 4.69) is 20.2 Å². The Hall–Kier alpha value is -2.82. The maximum absolute atomic E-state index is 13.2. The maximum atomic E-state index is 13.2. The average molecular weight is 479 g/mol. The van der Waals surface area contributed by atoms with Crippen molar-refractivity contribution in [2.75, 3.05) is 5.32 Å². The number of hydrogen-bond acceptors (Lipinski definition) is 6. The molecule has 0 saturated heterocycles. The molecule has 0 bridgehead atoms. The van der Waals surface area contributed by atoms with Crippen LogP contribution in [0.1, 0.15) is 37.1 Å². The summed E-state index contributed by atoms with van der Waals surface area (Å²) in [5.74, 6) is -0.0698. The number of carbonyl (C=O) groups is 1. The van der Waals surface area contributed by atoms with Gasteiger partial charge in [-0.2, -0.15) is 9.71 Å². The molecule has 0 radical (unpaired) electrons. The third kappa shape index (κ3) is 4.82. The number of aryl methyl sites for hydroxylation is 1. The minimum Gasteiger partial charge on any atom is -0.339 e. The number of anilines is 1. The molecule has 0 unspecified atom stereocenters. The third-order valence-corrected chi connectivity index (χ3v) is 7.01. The Balaban J connectivity index is 1.52. The molecule has 1 aliphatic rings. The molecule has 2 N–H and O–H groups in total. The van der Waals surface area contributed by atoms with Gasteiger partial charge in [0.25, 0.3) is 0 Å². The lowest BCUT2D eigenvalue weighted by Crippen LogP contribution is -2.41. The molecule has 168 valence electrons. The van der Waals surface area contributed by atoms with Crippen LogP contribution in [0.2, 0.25) is 5.02 Å². The monoisotopic (exact) mass is 478 g/mol. The van der Waals surface area contributed by atoms with E-state index >= 15 is 0 Å². The number of nitrogens with one attached hydrogen (secondary N) is 2. The first-order valence-corrected chi connectivity index (χ1v) is 11.7. The number of nitrogens with zero attached hydrogens (tertiary/aromatic N) is 2. The third-order valence-electron chi connectivity index (χ3n) is 5.02. The number of halogens is 2. The standard InChI is InChI=1S/C21H20ClFN4O4S/c1-11-3-4-14(19-25-21(31-26-19)13-5-6-13)9-18(11)32(29,30)27-12(2)20(28)24-17-8-7-15(23)10-16(17)22/h3-4,7-10,12-13,27H,5-6H2,1-2H3,(H,24,28)/t12-/m0/s1. The number of sulfonamides is 1. The van der Waals surface area contributed by atoms with Gasteiger partial charge in [0.2, 0.25) is 27.6 Å². The fourth-order valence-corrected chi connectivity index (χ4v) is 4.75. The van der Waals surface area contributed by atoms with Gasteiger partial charge in [0, 0.05) is 11.5 Å². The zero-order chi connectivity index (χ0) is 23.0. The van der Waals surface area contributed by atoms with E-state index in [1.165, 1.54) is 19.1 Å². The summed E-state index contributed by atoms with van der Waals surface area (Å²) in [7, 11) is -4.06. The molecule has 1 aliphatic carbocycles. The van der Waals surface area contributed by atoms with Gasteiger partial charge in [-0.3, -0.25) is 4.79 Å². The molecule has 4 rings (SSSR count). The summed E-state index contributed by atoms with van der Waals surface area (Å²) >= 11 is 5.92. The maximum Gasteiger partial charge on any atom is 0.242 e. The minimum absolute atomic E-state index is 0.00244. The Kier molecular flexibility index (Phi) is 6.02. The lowest BCUT2D eigenvalue weighted by Gasteiger charge is -2.16. The van der Waals surface area contributed by atoms with Crippen molar-refractivity contribution < 1.29 is 22.1 Å². The van der Waals surface area contributed by atoms with Crippen LogP contribution >= 0.6 is 11.6 Å². The van der Waals surface area contributed by atoms with Crippen LogP contribution in [-0.2, 0) is 14.8 Å². The molecule has 1 fully saturated rings. The molecule has 1 aromatic heterocycles. The highest BCUT2D eigenvalue weighted by Gasteiger charge is 2.30. The first-order valence-electron chi connectivity index (χ1n) is 9.87. The quantitative estimate of drug-likeness (QED) is 0.530. The minimum atomic E-state index is -4.06. The summed E-state index contributed by atoms with van der Waals surface area (Å²) < 4.78 is 46.8. The van der Waals surface area contributed by atoms with Crippen LogP contribution in [0.15, 0.2) is 45.8 Å². The van der Waals surface area contributed by atoms with Crippen LogP contribution in [0.5, 0.6) is 0 Å². The second kappa shape index (κ2) is 8.61. The normalized spacial score (nSPS) is 14.9. The van der Waals surface area contributed by atoms with Gasteiger partial charge >= 0.3 is 0 Å². The molecule has 32 heavy (non-hydrogen) atoms. The Labute approximate surface area is 189 Å². The van der Waals surface area contributed by atoms with Crippen LogP contribution in [-0.4, -0.2) is 30.5 Å². The van der Waals surface area contributed by atoms with Crippen molar-refractivity contribution in [3.63, 3.8) is 0 Å². The van der Waals surface area contributed by atoms with E-state index in [1.807, 2.05) is 0 Å². The van der Waals surface area contributed by atoms with E-state index in [1.54, 1.807) is 19.1 Å². The molecule has 3 aromatic rings. The van der Waals surface area contributed by atoms with Gasteiger partial charge in [-0.25, -0.2) is 12.8 Å². The molecule has 1 saturated carbocycles. The summed E-state index contributed by atoms with van der Waals surface area (Å²) in [5, 5.41) is 6.43. The molecular formula is C21H20ClFN4O4S. The summed E-state index contributed by atoms with van der Waals surface area (Å²) in [4.78, 5) is 16.8. The van der Waals surface area contributed by atoms with Crippen molar-refractivity contribution in [3.8, 4) is 11.4 Å². The summed E-state index contributed by atoms with van der Waals surface area (Å²) in [5.41, 5.74) is 1.15. The van der Waals surface area contributed by atoms with Crippen molar-refractivity contribution in [2.24, 2.45) is 0 Å². The number of rotatable bonds is 7. The average Bonchev–Trinajstić information content (AvgIpc) is 3.47. The molecule has 11 heteroatoms. The molecule has 0 spiro atoms. The Morgan fingerprint density at radius 2 is 2.00 bits per heavy atom. The van der Waals surface area contributed by atoms with Gasteiger partial charge in [0.1, 0.15) is 5.82 Å². The van der Waals surface area contributed by atoms with Crippen LogP contribution < -0.4 is 10.0 Å². The summed E-state index contributed by atoms with van der Waals surface area (Å²) in [6.07, 6.45) is 2.00. The molecule has 8 nitrogen and oxygen atoms in total. The Morgan fingerprint density at radius 1 is 1.25 bits per heavy atom. The second-order valence-electron chi connectivity index (χ2n) is 7.67. The van der Waals surface area contributed by atoms with Crippen molar-refractivity contribution in [1.82, 2.24) is 14.9 Å². The smallest absolute Gasteiger partial charge is 0.242 e. The van der Waals surface area contributed by atoms with Crippen molar-refractivity contribution in [1.29, 1.82) is 0 Å². The highest BCUT2D eigenvalue weighted by atomic mass is 35.5. The molecule has 1 heterocycles. The van der Waals surface area contributed by atoms with Gasteiger partial charge in [0.05, 0.1) is 21.6 Å². The van der Waals surface area contributed by atoms with E-state index < -0.39 is 27.8 Å². The number of hydrogen-bond donors (Lipinski definition) is 2. The van der Waals surface area contributed by atoms with Crippen LogP contribution in [0.25, 0.3) is 11.4 Å². The topological polar surface area (TPSA) is 114 Å². The van der Waals surface area contributed by atoms with E-state index in [9.17, 15) is 17.6 Å². The summed E-state index contributed by atoms with van der Waals surface area (Å²) in [6.45, 7) is 3.04. The van der Waals surface area contributed by atoms with Gasteiger partial charge in [-0.05, 0) is 56.5 Å². The SMILES string of the molecule is Cc1ccc(-c2noc(C3CC3)n2)cc1S(=O)(=O)N[C@@H](C)C(=O)Nc1ccc(F)cc1Cl. The van der Waals surface area contributed by atoms with Crippen LogP contribution in [0.4, 0.5) is 10.1 Å². The van der Waals surface area contributed by atoms with E-state index in [0.717, 1.165) is 25.0 Å². The fraction of sp³-hybridized carbons (Fsp3) is 0.286. The van der Waals surface area contributed by atoms with Crippen LogP contribution in [0, 0.1) is 12.7 Å². The molecule has 1 amide bonds. The molecule has 1 atom stereocenters. The van der Waals surface area contributed by atoms with Gasteiger partial charge < -0.3 is 9.84 Å². The lowest BCUT2D eigenvalue weighted by molar-refractivity contribution is -0.117. The predicted molar refractivity (Wildman–Crippen MR) is 116 cm³/mol. The first-order chi connectivity index (χ1) is 15.1. The highest BCUT2D eigenvalue weighted by molar-refractivity contribution is 7.89. The number of benzene rings is 2. The van der Waals surface area contributed by atoms with Crippen LogP contribution in [0.3, 0.4) is 0 Å². The van der Waals surface area contributed by atoms with Crippen molar-refractivity contribution in [3.05, 3.63) is 58.7 Å². The van der Waals surface area contributed by atoms with Gasteiger partial charge in [-0.1, -0.05) is 28.9 Å². The zero-order valence-corrected chi connectivity index (χ0v) is 18.8. The second-order valence-corrected chi connectivity index (χ2v) is 9.76. The molecular weight excluding hydrogens is 459 g/mol. The fourth-order valence-electron chi connectivity index (χ4n) is 3.06. The number of carbonyl (C=O) groups excluding carboxylic acids is 1. The summed E-state index contributed by atoms with van der Waals surface area (Å²) in [6, 6.07) is 7.15. The van der Waals surface area contributed by atoms with E-state index in [0.29, 0.717) is 22.8 Å².